The monoisotopic (exact) mass is 242 g/mol. The SMILES string of the molecule is CCCc1[nH]cc[n+]1CCC.O=C([O-])C(=O)O. The molecule has 0 aliphatic carbocycles. The lowest BCUT2D eigenvalue weighted by molar-refractivity contribution is -0.702. The van der Waals surface area contributed by atoms with Crippen molar-refractivity contribution in [2.24, 2.45) is 0 Å². The van der Waals surface area contributed by atoms with Crippen LogP contribution in [-0.4, -0.2) is 22.0 Å². The molecular weight excluding hydrogens is 224 g/mol. The Hall–Kier alpha value is -1.85. The summed E-state index contributed by atoms with van der Waals surface area (Å²) >= 11 is 0. The zero-order valence-electron chi connectivity index (χ0n) is 10.1. The number of aromatic amines is 1. The molecule has 0 spiro atoms. The van der Waals surface area contributed by atoms with E-state index in [9.17, 15) is 0 Å². The van der Waals surface area contributed by atoms with Crippen molar-refractivity contribution in [1.82, 2.24) is 4.98 Å². The lowest BCUT2D eigenvalue weighted by atomic mass is 10.3. The maximum absolute atomic E-state index is 9.04. The van der Waals surface area contributed by atoms with Crippen LogP contribution in [0.2, 0.25) is 0 Å². The predicted molar refractivity (Wildman–Crippen MR) is 57.9 cm³/mol. The molecule has 0 aliphatic rings. The van der Waals surface area contributed by atoms with Crippen molar-refractivity contribution in [2.45, 2.75) is 39.7 Å². The minimum absolute atomic E-state index is 1.14. The van der Waals surface area contributed by atoms with Crippen LogP contribution < -0.4 is 9.67 Å². The van der Waals surface area contributed by atoms with E-state index in [1.807, 2.05) is 6.20 Å². The highest BCUT2D eigenvalue weighted by atomic mass is 16.4. The first-order chi connectivity index (χ1) is 8.02. The highest BCUT2D eigenvalue weighted by molar-refractivity contribution is 6.26. The summed E-state index contributed by atoms with van der Waals surface area (Å²) in [5, 5.41) is 16.3. The Morgan fingerprint density at radius 3 is 2.41 bits per heavy atom. The van der Waals surface area contributed by atoms with Crippen molar-refractivity contribution in [2.75, 3.05) is 0 Å². The highest BCUT2D eigenvalue weighted by Gasteiger charge is 2.06. The molecule has 1 aromatic heterocycles. The molecule has 0 aliphatic heterocycles. The summed E-state index contributed by atoms with van der Waals surface area (Å²) in [5.41, 5.74) is 0. The van der Waals surface area contributed by atoms with E-state index in [1.165, 1.54) is 18.7 Å². The minimum atomic E-state index is -2.07. The van der Waals surface area contributed by atoms with Crippen LogP contribution in [-0.2, 0) is 22.6 Å². The van der Waals surface area contributed by atoms with Crippen LogP contribution in [0.1, 0.15) is 32.5 Å². The fourth-order valence-corrected chi connectivity index (χ4v) is 1.30. The summed E-state index contributed by atoms with van der Waals surface area (Å²) in [6, 6.07) is 0. The number of H-pyrrole nitrogens is 1. The van der Waals surface area contributed by atoms with Gasteiger partial charge >= 0.3 is 5.97 Å². The number of aromatic nitrogens is 2. The number of carbonyl (C=O) groups excluding carboxylic acids is 1. The van der Waals surface area contributed by atoms with Gasteiger partial charge in [-0.15, -0.1) is 0 Å². The molecule has 1 rings (SSSR count). The Kier molecular flexibility index (Phi) is 7.41. The second-order valence-electron chi connectivity index (χ2n) is 3.44. The third-order valence-electron chi connectivity index (χ3n) is 1.98. The number of nitrogens with one attached hydrogen (secondary N) is 1. The van der Waals surface area contributed by atoms with Crippen molar-refractivity contribution >= 4 is 11.9 Å². The fourth-order valence-electron chi connectivity index (χ4n) is 1.30. The van der Waals surface area contributed by atoms with Gasteiger partial charge in [0.05, 0.1) is 6.54 Å². The maximum Gasteiger partial charge on any atom is 0.351 e. The zero-order chi connectivity index (χ0) is 13.3. The Morgan fingerprint density at radius 1 is 1.41 bits per heavy atom. The van der Waals surface area contributed by atoms with Gasteiger partial charge < -0.3 is 15.0 Å². The molecule has 2 N–H and O–H groups in total. The van der Waals surface area contributed by atoms with E-state index >= 15 is 0 Å². The molecule has 0 amide bonds. The normalized spacial score (nSPS) is 9.29. The van der Waals surface area contributed by atoms with Crippen molar-refractivity contribution in [1.29, 1.82) is 0 Å². The number of carboxylic acid groups (broad SMARTS) is 2. The van der Waals surface area contributed by atoms with Crippen LogP contribution in [0.4, 0.5) is 0 Å². The molecule has 0 atom stereocenters. The fraction of sp³-hybridized carbons (Fsp3) is 0.545. The van der Waals surface area contributed by atoms with Crippen molar-refractivity contribution in [3.05, 3.63) is 18.2 Å². The van der Waals surface area contributed by atoms with E-state index in [0.29, 0.717) is 0 Å². The van der Waals surface area contributed by atoms with E-state index in [1.54, 1.807) is 0 Å². The number of nitrogens with zero attached hydrogens (tertiary/aromatic N) is 1. The lowest BCUT2D eigenvalue weighted by Gasteiger charge is -1.95. The molecule has 0 fully saturated rings. The molecule has 1 aromatic rings. The summed E-state index contributed by atoms with van der Waals surface area (Å²) in [5.74, 6) is -2.65. The Balaban J connectivity index is 0.000000366. The second kappa shape index (κ2) is 8.32. The van der Waals surface area contributed by atoms with Crippen molar-refractivity contribution < 1.29 is 24.4 Å². The van der Waals surface area contributed by atoms with Gasteiger partial charge in [0.2, 0.25) is 0 Å². The third kappa shape index (κ3) is 6.34. The highest BCUT2D eigenvalue weighted by Crippen LogP contribution is 1.92. The van der Waals surface area contributed by atoms with E-state index in [0.717, 1.165) is 13.0 Å². The maximum atomic E-state index is 9.04. The van der Waals surface area contributed by atoms with Crippen LogP contribution in [0.3, 0.4) is 0 Å². The van der Waals surface area contributed by atoms with Gasteiger partial charge in [-0.2, -0.15) is 0 Å². The number of hydrogen-bond donors (Lipinski definition) is 2. The molecule has 6 heteroatoms. The van der Waals surface area contributed by atoms with E-state index in [4.69, 9.17) is 19.8 Å². The second-order valence-corrected chi connectivity index (χ2v) is 3.44. The van der Waals surface area contributed by atoms with Gasteiger partial charge in [-0.25, -0.2) is 14.3 Å². The standard InChI is InChI=1S/C9H16N2.C2H2O4/c1-3-5-9-10-6-8-11(9)7-4-2;3-1(4)2(5)6/h6,8H,3-5,7H2,1-2H3;(H,3,4)(H,5,6). The number of imidazole rings is 1. The number of carboxylic acids is 2. The summed E-state index contributed by atoms with van der Waals surface area (Å²) < 4.78 is 2.30. The minimum Gasteiger partial charge on any atom is -0.539 e. The first kappa shape index (κ1) is 15.2. The molecule has 0 radical (unpaired) electrons. The zero-order valence-corrected chi connectivity index (χ0v) is 10.1. The molecular formula is C11H18N2O4. The van der Waals surface area contributed by atoms with Gasteiger partial charge in [0, 0.05) is 6.42 Å². The summed E-state index contributed by atoms with van der Waals surface area (Å²) in [4.78, 5) is 21.3. The van der Waals surface area contributed by atoms with E-state index in [2.05, 4.69) is 29.6 Å². The molecule has 0 unspecified atom stereocenters. The van der Waals surface area contributed by atoms with Gasteiger partial charge in [0.1, 0.15) is 12.4 Å². The van der Waals surface area contributed by atoms with Crippen LogP contribution in [0.15, 0.2) is 12.4 Å². The van der Waals surface area contributed by atoms with Gasteiger partial charge in [0.15, 0.2) is 5.97 Å². The molecule has 0 saturated heterocycles. The van der Waals surface area contributed by atoms with Crippen LogP contribution >= 0.6 is 0 Å². The quantitative estimate of drug-likeness (QED) is 0.548. The van der Waals surface area contributed by atoms with Crippen LogP contribution in [0.5, 0.6) is 0 Å². The average molecular weight is 242 g/mol. The largest absolute Gasteiger partial charge is 0.539 e. The van der Waals surface area contributed by atoms with Gasteiger partial charge in [-0.3, -0.25) is 0 Å². The first-order valence-electron chi connectivity index (χ1n) is 5.52. The lowest BCUT2D eigenvalue weighted by Crippen LogP contribution is -2.35. The molecule has 17 heavy (non-hydrogen) atoms. The number of aliphatic carboxylic acids is 2. The first-order valence-corrected chi connectivity index (χ1v) is 5.52. The Morgan fingerprint density at radius 2 is 2.00 bits per heavy atom. The topological polar surface area (TPSA) is 97.1 Å². The van der Waals surface area contributed by atoms with Crippen LogP contribution in [0.25, 0.3) is 0 Å². The van der Waals surface area contributed by atoms with Gasteiger partial charge in [0.25, 0.3) is 5.82 Å². The predicted octanol–water partition coefficient (Wildman–Crippen LogP) is -0.514. The average Bonchev–Trinajstić information content (AvgIpc) is 2.68. The van der Waals surface area contributed by atoms with Gasteiger partial charge in [-0.1, -0.05) is 13.8 Å². The Labute approximate surface area is 99.9 Å². The molecule has 6 nitrogen and oxygen atoms in total. The number of rotatable bonds is 4. The number of aryl methyl sites for hydroxylation is 2. The van der Waals surface area contributed by atoms with E-state index in [-0.39, 0.29) is 0 Å². The Bertz CT molecular complexity index is 328. The molecule has 1 heterocycles. The third-order valence-corrected chi connectivity index (χ3v) is 1.98. The number of carbonyl (C=O) groups is 2. The molecule has 0 saturated carbocycles. The smallest absolute Gasteiger partial charge is 0.351 e. The van der Waals surface area contributed by atoms with Crippen molar-refractivity contribution in [3.63, 3.8) is 0 Å². The van der Waals surface area contributed by atoms with Crippen molar-refractivity contribution in [3.8, 4) is 0 Å². The molecule has 0 aromatic carbocycles. The number of hydrogen-bond acceptors (Lipinski definition) is 3. The summed E-state index contributed by atoms with van der Waals surface area (Å²) in [6.45, 7) is 5.55. The molecule has 0 bridgehead atoms. The summed E-state index contributed by atoms with van der Waals surface area (Å²) in [7, 11) is 0. The van der Waals surface area contributed by atoms with Gasteiger partial charge in [-0.05, 0) is 12.8 Å². The summed E-state index contributed by atoms with van der Waals surface area (Å²) in [6.07, 6.45) is 7.71. The molecule has 96 valence electrons. The van der Waals surface area contributed by atoms with Crippen LogP contribution in [0, 0.1) is 0 Å². The van der Waals surface area contributed by atoms with E-state index < -0.39 is 11.9 Å².